The summed E-state index contributed by atoms with van der Waals surface area (Å²) in [4.78, 5) is 28.5. The van der Waals surface area contributed by atoms with Gasteiger partial charge in [0.05, 0.1) is 37.8 Å². The van der Waals surface area contributed by atoms with Crippen LogP contribution in [0.2, 0.25) is 0 Å². The van der Waals surface area contributed by atoms with Gasteiger partial charge in [0.15, 0.2) is 6.61 Å². The van der Waals surface area contributed by atoms with Crippen molar-refractivity contribution < 1.29 is 28.5 Å². The van der Waals surface area contributed by atoms with Crippen molar-refractivity contribution in [3.8, 4) is 17.2 Å². The standard InChI is InChI=1S/C25H33N3O6/c1-5-32-22-16-21(28-10-12-31-13-11-28)23(33-6-2)15-20(22)26-25(30)18-8-7-9-19(14-18)34-17-24(29)27(3)4/h7-9,14-16H,5-6,10-13,17H2,1-4H3,(H,26,30). The maximum atomic E-state index is 13.1. The molecule has 9 nitrogen and oxygen atoms in total. The maximum absolute atomic E-state index is 13.1. The van der Waals surface area contributed by atoms with Gasteiger partial charge in [-0.05, 0) is 32.0 Å². The van der Waals surface area contributed by atoms with Crippen molar-refractivity contribution in [3.63, 3.8) is 0 Å². The van der Waals surface area contributed by atoms with Crippen LogP contribution in [-0.2, 0) is 9.53 Å². The van der Waals surface area contributed by atoms with Crippen molar-refractivity contribution in [2.45, 2.75) is 13.8 Å². The van der Waals surface area contributed by atoms with Crippen molar-refractivity contribution in [1.29, 1.82) is 0 Å². The van der Waals surface area contributed by atoms with Crippen molar-refractivity contribution in [1.82, 2.24) is 4.90 Å². The number of carbonyl (C=O) groups is 2. The summed E-state index contributed by atoms with van der Waals surface area (Å²) >= 11 is 0. The Hall–Kier alpha value is -3.46. The highest BCUT2D eigenvalue weighted by Crippen LogP contribution is 2.39. The van der Waals surface area contributed by atoms with Gasteiger partial charge >= 0.3 is 0 Å². The van der Waals surface area contributed by atoms with E-state index in [0.717, 1.165) is 18.8 Å². The SMILES string of the molecule is CCOc1cc(N2CCOCC2)c(OCC)cc1NC(=O)c1cccc(OCC(=O)N(C)C)c1. The number of carbonyl (C=O) groups excluding carboxylic acids is 2. The van der Waals surface area contributed by atoms with Gasteiger partial charge in [0.2, 0.25) is 0 Å². The lowest BCUT2D eigenvalue weighted by Gasteiger charge is -2.31. The molecule has 0 unspecified atom stereocenters. The van der Waals surface area contributed by atoms with E-state index in [-0.39, 0.29) is 18.4 Å². The van der Waals surface area contributed by atoms with E-state index < -0.39 is 0 Å². The van der Waals surface area contributed by atoms with Crippen LogP contribution in [0.1, 0.15) is 24.2 Å². The summed E-state index contributed by atoms with van der Waals surface area (Å²) in [5.41, 5.74) is 1.82. The van der Waals surface area contributed by atoms with E-state index in [1.54, 1.807) is 44.4 Å². The summed E-state index contributed by atoms with van der Waals surface area (Å²) in [6, 6.07) is 10.4. The van der Waals surface area contributed by atoms with Gasteiger partial charge in [0, 0.05) is 44.9 Å². The number of nitrogens with zero attached hydrogens (tertiary/aromatic N) is 2. The molecule has 2 amide bonds. The normalized spacial score (nSPS) is 13.2. The van der Waals surface area contributed by atoms with E-state index in [0.29, 0.717) is 54.9 Å². The Morgan fingerprint density at radius 1 is 1.00 bits per heavy atom. The molecular formula is C25H33N3O6. The molecule has 34 heavy (non-hydrogen) atoms. The quantitative estimate of drug-likeness (QED) is 0.570. The molecule has 1 fully saturated rings. The van der Waals surface area contributed by atoms with Gasteiger partial charge in [-0.1, -0.05) is 6.07 Å². The van der Waals surface area contributed by atoms with E-state index >= 15 is 0 Å². The molecule has 0 atom stereocenters. The molecule has 184 valence electrons. The van der Waals surface area contributed by atoms with Gasteiger partial charge in [-0.25, -0.2) is 0 Å². The Morgan fingerprint density at radius 2 is 1.71 bits per heavy atom. The zero-order chi connectivity index (χ0) is 24.5. The molecule has 1 aliphatic heterocycles. The van der Waals surface area contributed by atoms with Gasteiger partial charge in [0.25, 0.3) is 11.8 Å². The zero-order valence-electron chi connectivity index (χ0n) is 20.3. The molecule has 1 saturated heterocycles. The van der Waals surface area contributed by atoms with E-state index in [4.69, 9.17) is 18.9 Å². The van der Waals surface area contributed by atoms with Crippen LogP contribution >= 0.6 is 0 Å². The summed E-state index contributed by atoms with van der Waals surface area (Å²) in [7, 11) is 3.32. The molecule has 0 bridgehead atoms. The molecule has 0 radical (unpaired) electrons. The first-order valence-corrected chi connectivity index (χ1v) is 11.4. The third kappa shape index (κ3) is 6.54. The first kappa shape index (κ1) is 25.2. The first-order chi connectivity index (χ1) is 16.4. The second-order valence-electron chi connectivity index (χ2n) is 7.84. The van der Waals surface area contributed by atoms with Crippen LogP contribution in [0.3, 0.4) is 0 Å². The molecule has 0 spiro atoms. The topological polar surface area (TPSA) is 89.6 Å². The Morgan fingerprint density at radius 3 is 2.38 bits per heavy atom. The van der Waals surface area contributed by atoms with Gasteiger partial charge < -0.3 is 34.1 Å². The number of nitrogens with one attached hydrogen (secondary N) is 1. The van der Waals surface area contributed by atoms with E-state index in [2.05, 4.69) is 10.2 Å². The second-order valence-corrected chi connectivity index (χ2v) is 7.84. The summed E-state index contributed by atoms with van der Waals surface area (Å²) in [6.07, 6.45) is 0. The molecule has 0 aromatic heterocycles. The molecule has 3 rings (SSSR count). The average Bonchev–Trinajstić information content (AvgIpc) is 2.84. The second kappa shape index (κ2) is 12.1. The molecule has 2 aromatic carbocycles. The van der Waals surface area contributed by atoms with Crippen LogP contribution in [0, 0.1) is 0 Å². The minimum atomic E-state index is -0.327. The molecule has 2 aromatic rings. The molecule has 0 saturated carbocycles. The molecule has 0 aliphatic carbocycles. The predicted octanol–water partition coefficient (Wildman–Crippen LogP) is 3.04. The van der Waals surface area contributed by atoms with Crippen molar-refractivity contribution in [3.05, 3.63) is 42.0 Å². The first-order valence-electron chi connectivity index (χ1n) is 11.4. The van der Waals surface area contributed by atoms with Gasteiger partial charge in [-0.3, -0.25) is 9.59 Å². The van der Waals surface area contributed by atoms with E-state index in [1.807, 2.05) is 19.9 Å². The molecule has 9 heteroatoms. The minimum absolute atomic E-state index is 0.104. The van der Waals surface area contributed by atoms with E-state index in [9.17, 15) is 9.59 Å². The summed E-state index contributed by atoms with van der Waals surface area (Å²) in [5, 5.41) is 2.93. The number of benzene rings is 2. The molecule has 1 heterocycles. The Kier molecular flexibility index (Phi) is 8.98. The van der Waals surface area contributed by atoms with E-state index in [1.165, 1.54) is 4.90 Å². The number of likely N-dealkylation sites (N-methyl/N-ethyl adjacent to an activating group) is 1. The lowest BCUT2D eigenvalue weighted by Crippen LogP contribution is -2.36. The van der Waals surface area contributed by atoms with Crippen molar-refractivity contribution in [2.24, 2.45) is 0 Å². The third-order valence-corrected chi connectivity index (χ3v) is 5.22. The largest absolute Gasteiger partial charge is 0.492 e. The third-order valence-electron chi connectivity index (χ3n) is 5.22. The van der Waals surface area contributed by atoms with Gasteiger partial charge in [0.1, 0.15) is 17.2 Å². The molecule has 1 N–H and O–H groups in total. The van der Waals surface area contributed by atoms with Crippen molar-refractivity contribution in [2.75, 3.05) is 70.4 Å². The number of anilines is 2. The highest BCUT2D eigenvalue weighted by Gasteiger charge is 2.21. The monoisotopic (exact) mass is 471 g/mol. The van der Waals surface area contributed by atoms with Crippen molar-refractivity contribution >= 4 is 23.2 Å². The fourth-order valence-electron chi connectivity index (χ4n) is 3.44. The Balaban J connectivity index is 1.83. The van der Waals surface area contributed by atoms with Gasteiger partial charge in [-0.2, -0.15) is 0 Å². The minimum Gasteiger partial charge on any atom is -0.492 e. The summed E-state index contributed by atoms with van der Waals surface area (Å²) < 4.78 is 22.8. The molecular weight excluding hydrogens is 438 g/mol. The number of hydrogen-bond donors (Lipinski definition) is 1. The van der Waals surface area contributed by atoms with Crippen LogP contribution in [-0.4, -0.2) is 76.9 Å². The van der Waals surface area contributed by atoms with Crippen LogP contribution in [0.5, 0.6) is 17.2 Å². The van der Waals surface area contributed by atoms with Crippen LogP contribution in [0.4, 0.5) is 11.4 Å². The number of hydrogen-bond acceptors (Lipinski definition) is 7. The number of amides is 2. The van der Waals surface area contributed by atoms with Gasteiger partial charge in [-0.15, -0.1) is 0 Å². The number of rotatable bonds is 10. The molecule has 1 aliphatic rings. The summed E-state index contributed by atoms with van der Waals surface area (Å²) in [6.45, 7) is 7.44. The fourth-order valence-corrected chi connectivity index (χ4v) is 3.44. The Bertz CT molecular complexity index is 989. The summed E-state index contributed by atoms with van der Waals surface area (Å²) in [5.74, 6) is 1.17. The fraction of sp³-hybridized carbons (Fsp3) is 0.440. The lowest BCUT2D eigenvalue weighted by molar-refractivity contribution is -0.130. The maximum Gasteiger partial charge on any atom is 0.259 e. The van der Waals surface area contributed by atoms with Crippen LogP contribution < -0.4 is 24.4 Å². The zero-order valence-corrected chi connectivity index (χ0v) is 20.3. The Labute approximate surface area is 200 Å². The highest BCUT2D eigenvalue weighted by molar-refractivity contribution is 6.05. The van der Waals surface area contributed by atoms with Crippen LogP contribution in [0.25, 0.3) is 0 Å². The van der Waals surface area contributed by atoms with Crippen LogP contribution in [0.15, 0.2) is 36.4 Å². The highest BCUT2D eigenvalue weighted by atomic mass is 16.5. The predicted molar refractivity (Wildman–Crippen MR) is 130 cm³/mol. The lowest BCUT2D eigenvalue weighted by atomic mass is 10.1. The average molecular weight is 472 g/mol. The smallest absolute Gasteiger partial charge is 0.259 e. The number of ether oxygens (including phenoxy) is 4. The number of morpholine rings is 1.